The van der Waals surface area contributed by atoms with Gasteiger partial charge in [-0.05, 0) is 55.0 Å². The fourth-order valence-electron chi connectivity index (χ4n) is 3.98. The number of nitrogens with zero attached hydrogens (tertiary/aromatic N) is 4. The molecular formula is C25H23F2N5O3. The number of hydrogen-bond acceptors (Lipinski definition) is 7. The maximum Gasteiger partial charge on any atom is 0.387 e. The van der Waals surface area contributed by atoms with E-state index in [9.17, 15) is 13.9 Å². The Morgan fingerprint density at radius 1 is 1.20 bits per heavy atom. The first-order valence-electron chi connectivity index (χ1n) is 11.6. The van der Waals surface area contributed by atoms with Crippen LogP contribution in [0.5, 0.6) is 11.8 Å². The molecule has 0 fully saturated rings. The summed E-state index contributed by atoms with van der Waals surface area (Å²) in [4.78, 5) is 18.5. The van der Waals surface area contributed by atoms with E-state index in [0.29, 0.717) is 36.8 Å². The summed E-state index contributed by atoms with van der Waals surface area (Å²) in [5.41, 5.74) is 4.33. The molecule has 180 valence electrons. The molecule has 0 saturated heterocycles. The lowest BCUT2D eigenvalue weighted by Gasteiger charge is -2.29. The van der Waals surface area contributed by atoms with Crippen LogP contribution in [0.15, 0.2) is 59.7 Å². The molecule has 10 heteroatoms. The van der Waals surface area contributed by atoms with Crippen molar-refractivity contribution in [3.05, 3.63) is 66.0 Å². The topological polar surface area (TPSA) is 95.9 Å². The molecule has 3 heterocycles. The zero-order valence-corrected chi connectivity index (χ0v) is 18.8. The fraction of sp³-hybridized carbons (Fsp3) is 0.240. The first-order valence-corrected chi connectivity index (χ1v) is 11.1. The lowest BCUT2D eigenvalue weighted by molar-refractivity contribution is -0.0498. The summed E-state index contributed by atoms with van der Waals surface area (Å²) in [6.07, 6.45) is 0.440. The number of aromatic amines is 1. The Labute approximate surface area is 201 Å². The van der Waals surface area contributed by atoms with Crippen LogP contribution in [-0.2, 0) is 6.42 Å². The number of rotatable bonds is 8. The summed E-state index contributed by atoms with van der Waals surface area (Å²) < 4.78 is 43.6. The molecule has 1 aliphatic heterocycles. The number of ether oxygens (including phenoxy) is 2. The number of aliphatic hydroxyl groups excluding tert-OH is 1. The minimum absolute atomic E-state index is 0.0374. The van der Waals surface area contributed by atoms with Crippen molar-refractivity contribution >= 4 is 33.8 Å². The van der Waals surface area contributed by atoms with E-state index >= 15 is 0 Å². The maximum atomic E-state index is 12.6. The standard InChI is InChI=1S/C25H23F2N5O3/c1-2-34-25-28-13-21-23(31-25)32(18-4-6-19(7-5-18)35-24(26)27)14-22(30-21)15-3-8-20-16(11-15)12-17(29-20)9-10-33/h3-8,11-13,24,29,33H,2,9-10,14H2,1H3/i13D. The number of fused-ring (bicyclic) bond motifs is 2. The monoisotopic (exact) mass is 480 g/mol. The van der Waals surface area contributed by atoms with Crippen LogP contribution in [-0.4, -0.2) is 52.1 Å². The smallest absolute Gasteiger partial charge is 0.387 e. The van der Waals surface area contributed by atoms with Gasteiger partial charge in [0.25, 0.3) is 0 Å². The molecule has 1 aliphatic rings. The van der Waals surface area contributed by atoms with E-state index < -0.39 is 6.61 Å². The van der Waals surface area contributed by atoms with Crippen molar-refractivity contribution in [2.24, 2.45) is 4.99 Å². The Balaban J connectivity index is 1.58. The van der Waals surface area contributed by atoms with Gasteiger partial charge in [0.2, 0.25) is 0 Å². The van der Waals surface area contributed by atoms with Crippen LogP contribution >= 0.6 is 0 Å². The fourth-order valence-corrected chi connectivity index (χ4v) is 3.98. The van der Waals surface area contributed by atoms with Crippen molar-refractivity contribution in [3.63, 3.8) is 0 Å². The molecule has 8 nitrogen and oxygen atoms in total. The molecule has 2 aromatic heterocycles. The number of H-pyrrole nitrogens is 1. The van der Waals surface area contributed by atoms with Crippen LogP contribution in [0.4, 0.5) is 26.0 Å². The summed E-state index contributed by atoms with van der Waals surface area (Å²) in [5, 5.41) is 10.2. The first-order chi connectivity index (χ1) is 17.4. The Kier molecular flexibility index (Phi) is 5.93. The molecular weight excluding hydrogens is 456 g/mol. The number of anilines is 2. The molecule has 0 spiro atoms. The molecule has 2 N–H and O–H groups in total. The van der Waals surface area contributed by atoms with E-state index in [2.05, 4.69) is 19.7 Å². The molecule has 5 rings (SSSR count). The third-order valence-corrected chi connectivity index (χ3v) is 5.52. The van der Waals surface area contributed by atoms with Crippen LogP contribution in [0.25, 0.3) is 10.9 Å². The molecule has 2 aromatic carbocycles. The summed E-state index contributed by atoms with van der Waals surface area (Å²) in [6.45, 7) is -0.426. The lowest BCUT2D eigenvalue weighted by atomic mass is 10.1. The Bertz CT molecular complexity index is 1430. The zero-order chi connectivity index (χ0) is 25.2. The zero-order valence-electron chi connectivity index (χ0n) is 19.8. The van der Waals surface area contributed by atoms with Crippen molar-refractivity contribution in [1.29, 1.82) is 0 Å². The van der Waals surface area contributed by atoms with Gasteiger partial charge in [0.05, 0.1) is 26.4 Å². The Morgan fingerprint density at radius 3 is 2.77 bits per heavy atom. The average Bonchev–Trinajstić information content (AvgIpc) is 3.26. The number of nitrogens with one attached hydrogen (secondary N) is 1. The number of aliphatic hydroxyl groups is 1. The number of benzene rings is 2. The number of halogens is 2. The normalized spacial score (nSPS) is 13.6. The van der Waals surface area contributed by atoms with Gasteiger partial charge in [-0.25, -0.2) is 9.98 Å². The summed E-state index contributed by atoms with van der Waals surface area (Å²) >= 11 is 0. The number of aliphatic imine (C=N–C) groups is 1. The first kappa shape index (κ1) is 21.5. The number of hydrogen-bond donors (Lipinski definition) is 2. The highest BCUT2D eigenvalue weighted by atomic mass is 19.3. The van der Waals surface area contributed by atoms with Gasteiger partial charge in [-0.2, -0.15) is 13.8 Å². The van der Waals surface area contributed by atoms with Crippen molar-refractivity contribution < 1.29 is 24.7 Å². The van der Waals surface area contributed by atoms with E-state index in [-0.39, 0.29) is 30.2 Å². The van der Waals surface area contributed by atoms with Crippen LogP contribution < -0.4 is 14.4 Å². The maximum absolute atomic E-state index is 12.6. The number of aromatic nitrogens is 3. The van der Waals surface area contributed by atoms with Crippen LogP contribution in [0.1, 0.15) is 19.6 Å². The SMILES string of the molecule is [2H]c1nc(OCC)nc2c1N=C(c1ccc3[nH]c(CCO)cc3c1)CN2c1ccc(OC(F)F)cc1. The average molecular weight is 480 g/mol. The highest BCUT2D eigenvalue weighted by Gasteiger charge is 2.25. The predicted octanol–water partition coefficient (Wildman–Crippen LogP) is 4.77. The summed E-state index contributed by atoms with van der Waals surface area (Å²) in [7, 11) is 0. The highest BCUT2D eigenvalue weighted by Crippen LogP contribution is 2.38. The van der Waals surface area contributed by atoms with Crippen LogP contribution in [0, 0.1) is 0 Å². The van der Waals surface area contributed by atoms with Gasteiger partial charge >= 0.3 is 12.6 Å². The van der Waals surface area contributed by atoms with E-state index in [4.69, 9.17) is 11.1 Å². The van der Waals surface area contributed by atoms with Crippen LogP contribution in [0.3, 0.4) is 0 Å². The molecule has 0 aliphatic carbocycles. The van der Waals surface area contributed by atoms with Gasteiger partial charge in [-0.1, -0.05) is 6.07 Å². The molecule has 0 bridgehead atoms. The second-order valence-corrected chi connectivity index (χ2v) is 7.81. The minimum Gasteiger partial charge on any atom is -0.464 e. The van der Waals surface area contributed by atoms with Gasteiger partial charge in [0, 0.05) is 35.3 Å². The van der Waals surface area contributed by atoms with Crippen LogP contribution in [0.2, 0.25) is 0 Å². The predicted molar refractivity (Wildman–Crippen MR) is 129 cm³/mol. The molecule has 4 aromatic rings. The van der Waals surface area contributed by atoms with Crippen molar-refractivity contribution in [3.8, 4) is 11.8 Å². The van der Waals surface area contributed by atoms with Gasteiger partial charge < -0.3 is 24.5 Å². The third kappa shape index (κ3) is 4.78. The van der Waals surface area contributed by atoms with Gasteiger partial charge in [0.1, 0.15) is 11.4 Å². The number of alkyl halides is 2. The molecule has 0 unspecified atom stereocenters. The molecule has 35 heavy (non-hydrogen) atoms. The Morgan fingerprint density at radius 2 is 2.03 bits per heavy atom. The lowest BCUT2D eigenvalue weighted by Crippen LogP contribution is -2.30. The minimum atomic E-state index is -2.92. The van der Waals surface area contributed by atoms with E-state index in [1.54, 1.807) is 19.1 Å². The second kappa shape index (κ2) is 9.67. The second-order valence-electron chi connectivity index (χ2n) is 7.81. The molecule has 0 atom stereocenters. The molecule has 0 radical (unpaired) electrons. The third-order valence-electron chi connectivity index (χ3n) is 5.52. The largest absolute Gasteiger partial charge is 0.464 e. The van der Waals surface area contributed by atoms with Crippen molar-refractivity contribution in [1.82, 2.24) is 15.0 Å². The van der Waals surface area contributed by atoms with Gasteiger partial charge in [-0.15, -0.1) is 0 Å². The Hall–Kier alpha value is -4.05. The summed E-state index contributed by atoms with van der Waals surface area (Å²) in [5.74, 6) is 0.424. The van der Waals surface area contributed by atoms with E-state index in [1.165, 1.54) is 12.1 Å². The van der Waals surface area contributed by atoms with Crippen molar-refractivity contribution in [2.45, 2.75) is 20.0 Å². The van der Waals surface area contributed by atoms with E-state index in [0.717, 1.165) is 22.2 Å². The molecule has 0 saturated carbocycles. The van der Waals surface area contributed by atoms with E-state index in [1.807, 2.05) is 29.2 Å². The van der Waals surface area contributed by atoms with Gasteiger partial charge in [0.15, 0.2) is 5.82 Å². The quantitative estimate of drug-likeness (QED) is 0.377. The van der Waals surface area contributed by atoms with Crippen molar-refractivity contribution in [2.75, 3.05) is 24.7 Å². The highest BCUT2D eigenvalue weighted by molar-refractivity contribution is 6.09. The van der Waals surface area contributed by atoms with Gasteiger partial charge in [-0.3, -0.25) is 0 Å². The molecule has 0 amide bonds. The summed E-state index contributed by atoms with van der Waals surface area (Å²) in [6, 6.07) is 14.1.